The second-order valence-corrected chi connectivity index (χ2v) is 11.6. The fraction of sp³-hybridized carbons (Fsp3) is 0.341. The Hall–Kier alpha value is -4.98. The van der Waals surface area contributed by atoms with E-state index in [1.807, 2.05) is 24.3 Å². The first kappa shape index (κ1) is 38.5. The van der Waals surface area contributed by atoms with Crippen LogP contribution in [0.3, 0.4) is 0 Å². The van der Waals surface area contributed by atoms with Gasteiger partial charge in [-0.1, -0.05) is 57.2 Å². The van der Waals surface area contributed by atoms with Crippen molar-refractivity contribution in [1.29, 1.82) is 0 Å². The average Bonchev–Trinajstić information content (AvgIpc) is 3.09. The van der Waals surface area contributed by atoms with Gasteiger partial charge in [-0.05, 0) is 105 Å². The van der Waals surface area contributed by atoms with E-state index in [0.29, 0.717) is 48.4 Å². The molecule has 0 bridgehead atoms. The molecule has 1 saturated carbocycles. The number of esters is 2. The number of benzene rings is 3. The number of ketones is 1. The van der Waals surface area contributed by atoms with Crippen LogP contribution in [0.25, 0.3) is 17.2 Å². The Bertz CT molecular complexity index is 1520. The van der Waals surface area contributed by atoms with Gasteiger partial charge in [0.25, 0.3) is 0 Å². The van der Waals surface area contributed by atoms with E-state index >= 15 is 0 Å². The van der Waals surface area contributed by atoms with Crippen molar-refractivity contribution < 1.29 is 37.7 Å². The minimum absolute atomic E-state index is 0.233. The van der Waals surface area contributed by atoms with Crippen molar-refractivity contribution in [1.82, 2.24) is 0 Å². The molecule has 0 aromatic heterocycles. The Morgan fingerprint density at radius 1 is 0.755 bits per heavy atom. The van der Waals surface area contributed by atoms with E-state index in [1.54, 1.807) is 42.5 Å². The molecule has 4 rings (SSSR count). The molecule has 1 aliphatic rings. The second kappa shape index (κ2) is 21.8. The summed E-state index contributed by atoms with van der Waals surface area (Å²) in [7, 11) is 0. The van der Waals surface area contributed by atoms with Gasteiger partial charge < -0.3 is 18.9 Å². The predicted octanol–water partition coefficient (Wildman–Crippen LogP) is 9.50. The van der Waals surface area contributed by atoms with Crippen molar-refractivity contribution in [2.24, 2.45) is 5.92 Å². The minimum atomic E-state index is -0.517. The summed E-state index contributed by atoms with van der Waals surface area (Å²) in [6.07, 6.45) is 14.6. The lowest BCUT2D eigenvalue weighted by Gasteiger charge is -2.21. The van der Waals surface area contributed by atoms with Gasteiger partial charge in [-0.25, -0.2) is 14.0 Å². The summed E-state index contributed by atoms with van der Waals surface area (Å²) in [5.74, 6) is 0.918. The molecule has 0 unspecified atom stereocenters. The van der Waals surface area contributed by atoms with Crippen LogP contribution in [0.5, 0.6) is 17.2 Å². The smallest absolute Gasteiger partial charge is 0.336 e. The molecule has 0 radical (unpaired) electrons. The Morgan fingerprint density at radius 3 is 1.98 bits per heavy atom. The van der Waals surface area contributed by atoms with Crippen LogP contribution in [0.4, 0.5) is 4.39 Å². The molecule has 260 valence electrons. The van der Waals surface area contributed by atoms with Gasteiger partial charge in [-0.2, -0.15) is 0 Å². The number of halogens is 1. The molecule has 0 amide bonds. The number of rotatable bonds is 19. The zero-order valence-corrected chi connectivity index (χ0v) is 28.4. The Balaban J connectivity index is 0.000000710. The fourth-order valence-electron chi connectivity index (χ4n) is 4.69. The molecule has 0 aliphatic heterocycles. The number of allylic oxidation sites excluding steroid dienone is 1. The molecule has 0 saturated heterocycles. The second-order valence-electron chi connectivity index (χ2n) is 11.6. The zero-order chi connectivity index (χ0) is 35.3. The lowest BCUT2D eigenvalue weighted by molar-refractivity contribution is -0.138. The maximum atomic E-state index is 14.6. The summed E-state index contributed by atoms with van der Waals surface area (Å²) in [6.45, 7) is 10.4. The van der Waals surface area contributed by atoms with Crippen molar-refractivity contribution in [3.63, 3.8) is 0 Å². The van der Waals surface area contributed by atoms with Gasteiger partial charge in [-0.15, -0.1) is 0 Å². The van der Waals surface area contributed by atoms with E-state index in [9.17, 15) is 18.8 Å². The Labute approximate surface area is 289 Å². The molecule has 0 atom stereocenters. The first-order chi connectivity index (χ1) is 23.8. The van der Waals surface area contributed by atoms with Crippen molar-refractivity contribution in [3.05, 3.63) is 109 Å². The van der Waals surface area contributed by atoms with Gasteiger partial charge >= 0.3 is 11.9 Å². The number of hydrogen-bond acceptors (Lipinski definition) is 7. The number of carbonyl (C=O) groups excluding carboxylic acids is 3. The number of carbonyl (C=O) groups is 3. The van der Waals surface area contributed by atoms with Crippen molar-refractivity contribution in [2.45, 2.75) is 64.7 Å². The van der Waals surface area contributed by atoms with Gasteiger partial charge in [0.2, 0.25) is 0 Å². The number of hydrogen-bond donors (Lipinski definition) is 0. The first-order valence-corrected chi connectivity index (χ1v) is 16.9. The van der Waals surface area contributed by atoms with Crippen LogP contribution in [0.2, 0.25) is 0 Å². The van der Waals surface area contributed by atoms with E-state index in [1.165, 1.54) is 24.6 Å². The summed E-state index contributed by atoms with van der Waals surface area (Å²) < 4.78 is 36.2. The topological polar surface area (TPSA) is 88.1 Å². The highest BCUT2D eigenvalue weighted by molar-refractivity contribution is 5.91. The van der Waals surface area contributed by atoms with Crippen molar-refractivity contribution in [2.75, 3.05) is 19.8 Å². The SMILES string of the molecule is C=CC(=O)C1CCC1.C=CC(=O)OCCCCCCOc1ccc(/C=C/C(=O)Oc2ccc(-c3ccc(OCCCC)cc3F)cc2)cc1. The molecule has 0 heterocycles. The van der Waals surface area contributed by atoms with E-state index in [-0.39, 0.29) is 17.6 Å². The van der Waals surface area contributed by atoms with Gasteiger partial charge in [0.15, 0.2) is 5.78 Å². The monoisotopic (exact) mass is 670 g/mol. The van der Waals surface area contributed by atoms with Crippen LogP contribution in [0, 0.1) is 11.7 Å². The molecule has 1 fully saturated rings. The van der Waals surface area contributed by atoms with Crippen LogP contribution in [0.15, 0.2) is 98.1 Å². The third-order valence-electron chi connectivity index (χ3n) is 7.81. The van der Waals surface area contributed by atoms with Crippen LogP contribution in [-0.4, -0.2) is 37.5 Å². The minimum Gasteiger partial charge on any atom is -0.494 e. The van der Waals surface area contributed by atoms with Crippen molar-refractivity contribution in [3.8, 4) is 28.4 Å². The highest BCUT2D eigenvalue weighted by atomic mass is 19.1. The van der Waals surface area contributed by atoms with E-state index < -0.39 is 5.97 Å². The number of ether oxygens (including phenoxy) is 4. The third-order valence-corrected chi connectivity index (χ3v) is 7.81. The molecule has 3 aromatic carbocycles. The zero-order valence-electron chi connectivity index (χ0n) is 28.4. The Kier molecular flexibility index (Phi) is 17.1. The molecule has 49 heavy (non-hydrogen) atoms. The van der Waals surface area contributed by atoms with Crippen molar-refractivity contribution >= 4 is 23.8 Å². The average molecular weight is 671 g/mol. The molecular weight excluding hydrogens is 623 g/mol. The molecule has 3 aromatic rings. The van der Waals surface area contributed by atoms with Crippen LogP contribution in [0.1, 0.15) is 70.3 Å². The standard InChI is InChI=1S/C34H37FO6.C7H10O/c1-3-5-22-39-30-19-20-31(32(35)25-30)27-13-17-29(18-14-27)41-34(37)21-12-26-10-15-28(16-11-26)38-23-8-6-7-9-24-40-33(36)4-2;1-2-7(8)6-4-3-5-6/h4,10-21,25H,2-3,5-9,22-24H2,1H3;2,6H,1,3-5H2/b21-12+;. The van der Waals surface area contributed by atoms with E-state index in [0.717, 1.165) is 68.8 Å². The predicted molar refractivity (Wildman–Crippen MR) is 191 cm³/mol. The van der Waals surface area contributed by atoms with Gasteiger partial charge in [0.1, 0.15) is 23.1 Å². The molecule has 8 heteroatoms. The normalized spacial score (nSPS) is 12.2. The van der Waals surface area contributed by atoms with Crippen LogP contribution < -0.4 is 14.2 Å². The van der Waals surface area contributed by atoms with Crippen LogP contribution in [-0.2, 0) is 19.1 Å². The van der Waals surface area contributed by atoms with Gasteiger partial charge in [0.05, 0.1) is 19.8 Å². The van der Waals surface area contributed by atoms with Crippen LogP contribution >= 0.6 is 0 Å². The molecule has 7 nitrogen and oxygen atoms in total. The summed E-state index contributed by atoms with van der Waals surface area (Å²) in [5, 5.41) is 0. The first-order valence-electron chi connectivity index (χ1n) is 16.9. The maximum absolute atomic E-state index is 14.6. The molecule has 0 spiro atoms. The highest BCUT2D eigenvalue weighted by Crippen LogP contribution is 2.28. The summed E-state index contributed by atoms with van der Waals surface area (Å²) in [6, 6.07) is 18.9. The van der Waals surface area contributed by atoms with Gasteiger partial charge in [0, 0.05) is 29.7 Å². The lowest BCUT2D eigenvalue weighted by atomic mass is 9.82. The third kappa shape index (κ3) is 14.4. The largest absolute Gasteiger partial charge is 0.494 e. The fourth-order valence-corrected chi connectivity index (χ4v) is 4.69. The quantitative estimate of drug-likeness (QED) is 0.0543. The van der Waals surface area contributed by atoms with E-state index in [2.05, 4.69) is 20.1 Å². The van der Waals surface area contributed by atoms with Gasteiger partial charge in [-0.3, -0.25) is 4.79 Å². The summed E-state index contributed by atoms with van der Waals surface area (Å²) in [4.78, 5) is 33.9. The summed E-state index contributed by atoms with van der Waals surface area (Å²) >= 11 is 0. The lowest BCUT2D eigenvalue weighted by Crippen LogP contribution is -2.19. The van der Waals surface area contributed by atoms with E-state index in [4.69, 9.17) is 18.9 Å². The summed E-state index contributed by atoms with van der Waals surface area (Å²) in [5.41, 5.74) is 1.95. The Morgan fingerprint density at radius 2 is 1.39 bits per heavy atom. The number of unbranched alkanes of at least 4 members (excludes halogenated alkanes) is 4. The molecule has 1 aliphatic carbocycles. The highest BCUT2D eigenvalue weighted by Gasteiger charge is 2.22. The maximum Gasteiger partial charge on any atom is 0.336 e. The molecular formula is C41H47FO7. The molecule has 0 N–H and O–H groups in total.